The van der Waals surface area contributed by atoms with Gasteiger partial charge < -0.3 is 14.6 Å². The molecule has 1 heterocycles. The lowest BCUT2D eigenvalue weighted by Gasteiger charge is -2.12. The summed E-state index contributed by atoms with van der Waals surface area (Å²) in [5.41, 5.74) is 5.21. The van der Waals surface area contributed by atoms with E-state index in [4.69, 9.17) is 9.72 Å². The van der Waals surface area contributed by atoms with E-state index in [2.05, 4.69) is 40.7 Å². The Balaban J connectivity index is 1.26. The zero-order valence-electron chi connectivity index (χ0n) is 21.8. The monoisotopic (exact) mass is 495 g/mol. The highest BCUT2D eigenvalue weighted by molar-refractivity contribution is 5.94. The fourth-order valence-electron chi connectivity index (χ4n) is 4.61. The predicted molar refractivity (Wildman–Crippen MR) is 151 cm³/mol. The number of ether oxygens (including phenoxy) is 1. The number of hydrogen-bond acceptors (Lipinski definition) is 3. The number of aromatic nitrogens is 2. The first kappa shape index (κ1) is 26.2. The normalized spacial score (nSPS) is 10.9. The van der Waals surface area contributed by atoms with E-state index in [9.17, 15) is 4.79 Å². The second-order valence-electron chi connectivity index (χ2n) is 9.41. The summed E-state index contributed by atoms with van der Waals surface area (Å²) in [5.74, 6) is 2.06. The number of fused-ring (bicyclic) bond motifs is 1. The van der Waals surface area contributed by atoms with Gasteiger partial charge in [0.2, 0.25) is 0 Å². The van der Waals surface area contributed by atoms with Crippen LogP contribution in [0.25, 0.3) is 11.0 Å². The van der Waals surface area contributed by atoms with Crippen molar-refractivity contribution in [2.75, 3.05) is 13.2 Å². The molecule has 1 aromatic heterocycles. The molecule has 0 radical (unpaired) electrons. The molecular formula is C32H37N3O2. The molecule has 0 spiro atoms. The number of benzene rings is 3. The first-order chi connectivity index (χ1) is 18.2. The summed E-state index contributed by atoms with van der Waals surface area (Å²) >= 11 is 0. The summed E-state index contributed by atoms with van der Waals surface area (Å²) < 4.78 is 8.45. The number of amides is 1. The molecule has 0 aliphatic carbocycles. The lowest BCUT2D eigenvalue weighted by Crippen LogP contribution is -2.24. The van der Waals surface area contributed by atoms with Crippen molar-refractivity contribution in [2.24, 2.45) is 0 Å². The maximum Gasteiger partial charge on any atom is 0.251 e. The second kappa shape index (κ2) is 13.4. The van der Waals surface area contributed by atoms with E-state index >= 15 is 0 Å². The van der Waals surface area contributed by atoms with Crippen molar-refractivity contribution in [1.82, 2.24) is 14.9 Å². The Kier molecular flexibility index (Phi) is 9.53. The summed E-state index contributed by atoms with van der Waals surface area (Å²) in [6, 6.07) is 24.2. The number of para-hydroxylation sites is 3. The molecule has 0 saturated heterocycles. The minimum Gasteiger partial charge on any atom is -0.493 e. The highest BCUT2D eigenvalue weighted by Gasteiger charge is 2.11. The van der Waals surface area contributed by atoms with E-state index in [1.807, 2.05) is 61.5 Å². The number of carbonyl (C=O) groups excluding carboxylic acids is 1. The van der Waals surface area contributed by atoms with Crippen LogP contribution in [0, 0.1) is 6.92 Å². The molecule has 4 rings (SSSR count). The van der Waals surface area contributed by atoms with Crippen LogP contribution < -0.4 is 10.1 Å². The Labute approximate surface area is 220 Å². The van der Waals surface area contributed by atoms with Gasteiger partial charge in [-0.05, 0) is 68.5 Å². The van der Waals surface area contributed by atoms with Gasteiger partial charge in [0.1, 0.15) is 11.6 Å². The number of rotatable bonds is 14. The lowest BCUT2D eigenvalue weighted by molar-refractivity contribution is 0.0953. The van der Waals surface area contributed by atoms with Gasteiger partial charge in [-0.1, -0.05) is 60.5 Å². The number of carbonyl (C=O) groups is 1. The molecule has 5 heteroatoms. The van der Waals surface area contributed by atoms with Gasteiger partial charge in [0, 0.05) is 25.1 Å². The van der Waals surface area contributed by atoms with Crippen LogP contribution in [0.5, 0.6) is 5.75 Å². The molecule has 37 heavy (non-hydrogen) atoms. The topological polar surface area (TPSA) is 56.1 Å². The van der Waals surface area contributed by atoms with E-state index in [1.165, 1.54) is 11.1 Å². The molecule has 0 fully saturated rings. The molecule has 0 aliphatic rings. The average Bonchev–Trinajstić information content (AvgIpc) is 3.26. The number of allylic oxidation sites excluding steroid dienone is 1. The zero-order valence-corrected chi connectivity index (χ0v) is 21.8. The van der Waals surface area contributed by atoms with Crippen molar-refractivity contribution in [1.29, 1.82) is 0 Å². The van der Waals surface area contributed by atoms with E-state index in [-0.39, 0.29) is 5.91 Å². The molecule has 4 aromatic rings. The average molecular weight is 496 g/mol. The van der Waals surface area contributed by atoms with Crippen molar-refractivity contribution < 1.29 is 9.53 Å². The first-order valence-corrected chi connectivity index (χ1v) is 13.3. The Hall–Kier alpha value is -3.86. The molecule has 5 nitrogen and oxygen atoms in total. The van der Waals surface area contributed by atoms with Crippen LogP contribution in [0.15, 0.2) is 85.5 Å². The quantitative estimate of drug-likeness (QED) is 0.157. The predicted octanol–water partition coefficient (Wildman–Crippen LogP) is 6.69. The van der Waals surface area contributed by atoms with Crippen LogP contribution in [0.3, 0.4) is 0 Å². The third kappa shape index (κ3) is 7.32. The van der Waals surface area contributed by atoms with Crippen LogP contribution in [0.1, 0.15) is 53.0 Å². The van der Waals surface area contributed by atoms with Crippen molar-refractivity contribution in [2.45, 2.75) is 52.0 Å². The molecular weight excluding hydrogens is 458 g/mol. The van der Waals surface area contributed by atoms with Crippen LogP contribution in [0.2, 0.25) is 0 Å². The summed E-state index contributed by atoms with van der Waals surface area (Å²) in [4.78, 5) is 17.2. The van der Waals surface area contributed by atoms with Crippen molar-refractivity contribution in [3.63, 3.8) is 0 Å². The van der Waals surface area contributed by atoms with Crippen LogP contribution >= 0.6 is 0 Å². The van der Waals surface area contributed by atoms with Crippen molar-refractivity contribution >= 4 is 16.9 Å². The van der Waals surface area contributed by atoms with Crippen molar-refractivity contribution in [3.05, 3.63) is 108 Å². The Morgan fingerprint density at radius 1 is 1.00 bits per heavy atom. The maximum absolute atomic E-state index is 12.3. The van der Waals surface area contributed by atoms with Gasteiger partial charge in [-0.2, -0.15) is 0 Å². The van der Waals surface area contributed by atoms with Gasteiger partial charge in [0.15, 0.2) is 0 Å². The molecule has 0 atom stereocenters. The van der Waals surface area contributed by atoms with Gasteiger partial charge in [-0.25, -0.2) is 4.98 Å². The molecule has 0 aliphatic heterocycles. The van der Waals surface area contributed by atoms with Crippen LogP contribution in [0.4, 0.5) is 0 Å². The zero-order chi connectivity index (χ0) is 25.9. The maximum atomic E-state index is 12.3. The highest BCUT2D eigenvalue weighted by Crippen LogP contribution is 2.21. The molecule has 1 amide bonds. The molecule has 0 unspecified atom stereocenters. The number of nitrogens with zero attached hydrogens (tertiary/aromatic N) is 2. The second-order valence-corrected chi connectivity index (χ2v) is 9.41. The summed E-state index contributed by atoms with van der Waals surface area (Å²) in [7, 11) is 0. The Morgan fingerprint density at radius 2 is 1.84 bits per heavy atom. The van der Waals surface area contributed by atoms with Gasteiger partial charge in [-0.3, -0.25) is 4.79 Å². The number of unbranched alkanes of at least 4 members (excludes halogenated alkanes) is 2. The summed E-state index contributed by atoms with van der Waals surface area (Å²) in [6.45, 7) is 8.05. The minimum atomic E-state index is -0.000160. The number of hydrogen-bond donors (Lipinski definition) is 1. The van der Waals surface area contributed by atoms with Gasteiger partial charge >= 0.3 is 0 Å². The lowest BCUT2D eigenvalue weighted by atomic mass is 10.1. The van der Waals surface area contributed by atoms with Gasteiger partial charge in [-0.15, -0.1) is 6.58 Å². The Morgan fingerprint density at radius 3 is 2.70 bits per heavy atom. The van der Waals surface area contributed by atoms with E-state index in [1.54, 1.807) is 0 Å². The third-order valence-electron chi connectivity index (χ3n) is 6.50. The number of aryl methyl sites for hydroxylation is 3. The SMILES string of the molecule is C=CCc1ccccc1OCCCn1c(CCCCCNC(=O)c2cccc(C)c2)nc2ccccc21. The fraction of sp³-hybridized carbons (Fsp3) is 0.312. The molecule has 1 N–H and O–H groups in total. The molecule has 3 aromatic carbocycles. The van der Waals surface area contributed by atoms with Gasteiger partial charge in [0.05, 0.1) is 17.6 Å². The summed E-state index contributed by atoms with van der Waals surface area (Å²) in [5, 5.41) is 3.04. The number of imidazole rings is 1. The van der Waals surface area contributed by atoms with Gasteiger partial charge in [0.25, 0.3) is 5.91 Å². The van der Waals surface area contributed by atoms with Crippen LogP contribution in [-0.4, -0.2) is 28.6 Å². The van der Waals surface area contributed by atoms with Crippen LogP contribution in [-0.2, 0) is 19.4 Å². The van der Waals surface area contributed by atoms with E-state index in [0.717, 1.165) is 73.3 Å². The van der Waals surface area contributed by atoms with E-state index in [0.29, 0.717) is 13.2 Å². The smallest absolute Gasteiger partial charge is 0.251 e. The molecule has 0 saturated carbocycles. The fourth-order valence-corrected chi connectivity index (χ4v) is 4.61. The minimum absolute atomic E-state index is 0.000160. The van der Waals surface area contributed by atoms with E-state index < -0.39 is 0 Å². The largest absolute Gasteiger partial charge is 0.493 e. The number of nitrogens with one attached hydrogen (secondary N) is 1. The first-order valence-electron chi connectivity index (χ1n) is 13.3. The standard InChI is InChI=1S/C32H37N3O2/c1-3-13-26-15-6-9-19-30(26)37-23-12-22-35-29-18-8-7-17-28(29)34-31(35)20-5-4-10-21-33-32(36)27-16-11-14-25(2)24-27/h3,6-9,11,14-19,24H,1,4-5,10,12-13,20-23H2,2H3,(H,33,36). The highest BCUT2D eigenvalue weighted by atomic mass is 16.5. The molecule has 0 bridgehead atoms. The third-order valence-corrected chi connectivity index (χ3v) is 6.50. The summed E-state index contributed by atoms with van der Waals surface area (Å²) in [6.07, 6.45) is 7.57. The van der Waals surface area contributed by atoms with Crippen molar-refractivity contribution in [3.8, 4) is 5.75 Å². The Bertz CT molecular complexity index is 1320. The molecule has 192 valence electrons.